The summed E-state index contributed by atoms with van der Waals surface area (Å²) in [6.45, 7) is 0.542. The highest BCUT2D eigenvalue weighted by Crippen LogP contribution is 2.22. The molecule has 0 aromatic carbocycles. The molecule has 1 unspecified atom stereocenters. The second-order valence-electron chi connectivity index (χ2n) is 3.81. The Morgan fingerprint density at radius 3 is 2.35 bits per heavy atom. The number of aliphatic hydroxyl groups excluding tert-OH is 5. The van der Waals surface area contributed by atoms with Crippen molar-refractivity contribution in [3.63, 3.8) is 0 Å². The van der Waals surface area contributed by atoms with Gasteiger partial charge in [-0.3, -0.25) is 0 Å². The van der Waals surface area contributed by atoms with Crippen LogP contribution in [-0.2, 0) is 14.3 Å². The second kappa shape index (κ2) is 5.71. The summed E-state index contributed by atoms with van der Waals surface area (Å²) in [6.07, 6.45) is -8.91. The zero-order valence-electron chi connectivity index (χ0n) is 9.13. The van der Waals surface area contributed by atoms with Gasteiger partial charge in [0, 0.05) is 0 Å². The number of carbonyl (C=O) groups is 1. The topological polar surface area (TPSA) is 137 Å². The van der Waals surface area contributed by atoms with Gasteiger partial charge >= 0.3 is 5.97 Å². The van der Waals surface area contributed by atoms with E-state index in [0.29, 0.717) is 0 Å². The smallest absolute Gasteiger partial charge is 0.337 e. The van der Waals surface area contributed by atoms with Crippen LogP contribution in [0.3, 0.4) is 0 Å². The van der Waals surface area contributed by atoms with E-state index >= 15 is 0 Å². The van der Waals surface area contributed by atoms with Gasteiger partial charge < -0.3 is 35.0 Å². The fourth-order valence-corrected chi connectivity index (χ4v) is 1.38. The standard InChI is InChI=1S/C9H16O8/c1-3(11)8(15)17-9-7(14)6(13)5(12)4(2-10)16-9/h3-7,9-14H,2H2,1H3/t3?,4-,5-,6+,7-,9+/m1/s1. The molecule has 0 spiro atoms. The van der Waals surface area contributed by atoms with Crippen LogP contribution in [0, 0.1) is 0 Å². The van der Waals surface area contributed by atoms with Gasteiger partial charge in [0.05, 0.1) is 6.61 Å². The van der Waals surface area contributed by atoms with Gasteiger partial charge in [-0.2, -0.15) is 0 Å². The predicted octanol–water partition coefficient (Wildman–Crippen LogP) is -3.29. The van der Waals surface area contributed by atoms with Crippen LogP contribution in [-0.4, -0.2) is 74.9 Å². The first-order valence-electron chi connectivity index (χ1n) is 5.07. The van der Waals surface area contributed by atoms with Crippen molar-refractivity contribution in [1.29, 1.82) is 0 Å². The monoisotopic (exact) mass is 252 g/mol. The summed E-state index contributed by atoms with van der Waals surface area (Å²) in [5.41, 5.74) is 0. The van der Waals surface area contributed by atoms with E-state index in [1.807, 2.05) is 0 Å². The Bertz CT molecular complexity index is 266. The number of ether oxygens (including phenoxy) is 2. The lowest BCUT2D eigenvalue weighted by Crippen LogP contribution is -2.59. The number of rotatable bonds is 3. The van der Waals surface area contributed by atoms with E-state index < -0.39 is 49.4 Å². The molecule has 0 saturated carbocycles. The van der Waals surface area contributed by atoms with Gasteiger partial charge in [0.25, 0.3) is 0 Å². The molecule has 0 aliphatic carbocycles. The molecule has 1 heterocycles. The average molecular weight is 252 g/mol. The zero-order valence-corrected chi connectivity index (χ0v) is 9.13. The molecule has 17 heavy (non-hydrogen) atoms. The third-order valence-electron chi connectivity index (χ3n) is 2.42. The first kappa shape index (κ1) is 14.3. The molecule has 6 atom stereocenters. The quantitative estimate of drug-likeness (QED) is 0.330. The lowest BCUT2D eigenvalue weighted by Gasteiger charge is -2.39. The molecule has 0 aromatic heterocycles. The van der Waals surface area contributed by atoms with E-state index in [9.17, 15) is 20.1 Å². The number of esters is 1. The SMILES string of the molecule is CC(O)C(=O)O[C@@H]1O[C@H](CO)[C@@H](O)[C@H](O)[C@H]1O. The molecule has 1 saturated heterocycles. The van der Waals surface area contributed by atoms with E-state index in [-0.39, 0.29) is 0 Å². The van der Waals surface area contributed by atoms with Crippen LogP contribution in [0.4, 0.5) is 0 Å². The summed E-state index contributed by atoms with van der Waals surface area (Å²) in [5.74, 6) is -1.05. The molecule has 8 nitrogen and oxygen atoms in total. The first-order chi connectivity index (χ1) is 7.88. The first-order valence-corrected chi connectivity index (χ1v) is 5.07. The fourth-order valence-electron chi connectivity index (χ4n) is 1.38. The second-order valence-corrected chi connectivity index (χ2v) is 3.81. The molecule has 100 valence electrons. The maximum Gasteiger partial charge on any atom is 0.337 e. The molecule has 1 aliphatic heterocycles. The summed E-state index contributed by atoms with van der Waals surface area (Å²) < 4.78 is 9.46. The van der Waals surface area contributed by atoms with Gasteiger partial charge in [-0.1, -0.05) is 0 Å². The molecular weight excluding hydrogens is 236 g/mol. The van der Waals surface area contributed by atoms with Crippen LogP contribution in [0.25, 0.3) is 0 Å². The van der Waals surface area contributed by atoms with E-state index in [4.69, 9.17) is 14.9 Å². The lowest BCUT2D eigenvalue weighted by molar-refractivity contribution is -0.294. The molecule has 1 aliphatic rings. The normalized spacial score (nSPS) is 39.8. The number of carbonyl (C=O) groups excluding carboxylic acids is 1. The highest BCUT2D eigenvalue weighted by Gasteiger charge is 2.45. The van der Waals surface area contributed by atoms with Gasteiger partial charge in [-0.25, -0.2) is 4.79 Å². The minimum atomic E-state index is -1.66. The Labute approximate surface area is 97.0 Å². The highest BCUT2D eigenvalue weighted by atomic mass is 16.7. The Morgan fingerprint density at radius 2 is 1.88 bits per heavy atom. The van der Waals surface area contributed by atoms with Crippen molar-refractivity contribution < 1.29 is 39.8 Å². The maximum atomic E-state index is 11.1. The summed E-state index contributed by atoms with van der Waals surface area (Å²) in [6, 6.07) is 0. The average Bonchev–Trinajstić information content (AvgIpc) is 2.29. The minimum absolute atomic E-state index is 0.617. The van der Waals surface area contributed by atoms with E-state index in [1.54, 1.807) is 0 Å². The Morgan fingerprint density at radius 1 is 1.29 bits per heavy atom. The zero-order chi connectivity index (χ0) is 13.2. The molecular formula is C9H16O8. The minimum Gasteiger partial charge on any atom is -0.431 e. The van der Waals surface area contributed by atoms with Crippen LogP contribution < -0.4 is 0 Å². The van der Waals surface area contributed by atoms with Crippen molar-refractivity contribution >= 4 is 5.97 Å². The summed E-state index contributed by atoms with van der Waals surface area (Å²) in [4.78, 5) is 11.1. The molecule has 5 N–H and O–H groups in total. The van der Waals surface area contributed by atoms with E-state index in [2.05, 4.69) is 4.74 Å². The van der Waals surface area contributed by atoms with Gasteiger partial charge in [0.1, 0.15) is 30.5 Å². The van der Waals surface area contributed by atoms with E-state index in [0.717, 1.165) is 6.92 Å². The molecule has 1 rings (SSSR count). The predicted molar refractivity (Wildman–Crippen MR) is 51.5 cm³/mol. The Hall–Kier alpha value is -0.770. The van der Waals surface area contributed by atoms with Crippen molar-refractivity contribution in [3.05, 3.63) is 0 Å². The third-order valence-corrected chi connectivity index (χ3v) is 2.42. The van der Waals surface area contributed by atoms with E-state index in [1.165, 1.54) is 0 Å². The van der Waals surface area contributed by atoms with Crippen LogP contribution >= 0.6 is 0 Å². The number of hydrogen-bond donors (Lipinski definition) is 5. The largest absolute Gasteiger partial charge is 0.431 e. The number of aliphatic hydroxyl groups is 5. The molecule has 0 amide bonds. The van der Waals surface area contributed by atoms with Gasteiger partial charge in [0.2, 0.25) is 6.29 Å². The van der Waals surface area contributed by atoms with Crippen molar-refractivity contribution in [1.82, 2.24) is 0 Å². The lowest BCUT2D eigenvalue weighted by atomic mass is 9.99. The molecule has 0 bridgehead atoms. The number of hydrogen-bond acceptors (Lipinski definition) is 8. The molecule has 0 radical (unpaired) electrons. The van der Waals surface area contributed by atoms with Gasteiger partial charge in [-0.15, -0.1) is 0 Å². The van der Waals surface area contributed by atoms with Crippen LogP contribution in [0.5, 0.6) is 0 Å². The third kappa shape index (κ3) is 3.12. The molecule has 0 aromatic rings. The van der Waals surface area contributed by atoms with Crippen molar-refractivity contribution in [2.75, 3.05) is 6.61 Å². The van der Waals surface area contributed by atoms with Gasteiger partial charge in [-0.05, 0) is 6.92 Å². The fraction of sp³-hybridized carbons (Fsp3) is 0.889. The highest BCUT2D eigenvalue weighted by molar-refractivity contribution is 5.73. The molecule has 8 heteroatoms. The summed E-state index contributed by atoms with van der Waals surface area (Å²) in [5, 5.41) is 46.0. The van der Waals surface area contributed by atoms with Crippen molar-refractivity contribution in [2.24, 2.45) is 0 Å². The summed E-state index contributed by atoms with van der Waals surface area (Å²) >= 11 is 0. The van der Waals surface area contributed by atoms with Crippen molar-refractivity contribution in [2.45, 2.75) is 43.7 Å². The van der Waals surface area contributed by atoms with Crippen LogP contribution in [0.15, 0.2) is 0 Å². The Balaban J connectivity index is 2.69. The van der Waals surface area contributed by atoms with Gasteiger partial charge in [0.15, 0.2) is 0 Å². The van der Waals surface area contributed by atoms with Crippen LogP contribution in [0.2, 0.25) is 0 Å². The molecule has 1 fully saturated rings. The summed E-state index contributed by atoms with van der Waals surface area (Å²) in [7, 11) is 0. The Kier molecular flexibility index (Phi) is 4.80. The maximum absolute atomic E-state index is 11.1. The van der Waals surface area contributed by atoms with Crippen molar-refractivity contribution in [3.8, 4) is 0 Å². The van der Waals surface area contributed by atoms with Crippen LogP contribution in [0.1, 0.15) is 6.92 Å².